The van der Waals surface area contributed by atoms with Gasteiger partial charge in [-0.2, -0.15) is 0 Å². The zero-order chi connectivity index (χ0) is 25.3. The number of carbonyl (C=O) groups excluding carboxylic acids is 3. The Balaban J connectivity index is 1.41. The van der Waals surface area contributed by atoms with Crippen LogP contribution < -0.4 is 5.32 Å². The first-order chi connectivity index (χ1) is 17.4. The summed E-state index contributed by atoms with van der Waals surface area (Å²) in [5, 5.41) is 2.93. The number of imide groups is 1. The second kappa shape index (κ2) is 9.74. The van der Waals surface area contributed by atoms with Gasteiger partial charge in [0.1, 0.15) is 0 Å². The molecule has 2 fully saturated rings. The molecule has 0 bridgehead atoms. The summed E-state index contributed by atoms with van der Waals surface area (Å²) in [6.07, 6.45) is 2.50. The minimum absolute atomic E-state index is 0.146. The lowest BCUT2D eigenvalue weighted by atomic mass is 9.83. The summed E-state index contributed by atoms with van der Waals surface area (Å²) in [5.74, 6) is -0.669. The van der Waals surface area contributed by atoms with Crippen LogP contribution in [-0.2, 0) is 28.0 Å². The Bertz CT molecular complexity index is 1280. The summed E-state index contributed by atoms with van der Waals surface area (Å²) in [5.41, 5.74) is 2.67. The molecule has 3 heterocycles. The van der Waals surface area contributed by atoms with Gasteiger partial charge in [0, 0.05) is 36.5 Å². The molecule has 0 radical (unpaired) electrons. The van der Waals surface area contributed by atoms with Crippen LogP contribution in [0.15, 0.2) is 66.7 Å². The van der Waals surface area contributed by atoms with Crippen molar-refractivity contribution >= 4 is 17.7 Å². The smallest absolute Gasteiger partial charge is 0.325 e. The van der Waals surface area contributed by atoms with Crippen LogP contribution >= 0.6 is 0 Å². The molecule has 2 unspecified atom stereocenters. The van der Waals surface area contributed by atoms with E-state index in [1.54, 1.807) is 0 Å². The Morgan fingerprint density at radius 2 is 1.75 bits per heavy atom. The van der Waals surface area contributed by atoms with Gasteiger partial charge in [0.05, 0.1) is 12.6 Å². The van der Waals surface area contributed by atoms with Crippen molar-refractivity contribution in [3.05, 3.63) is 94.8 Å². The lowest BCUT2D eigenvalue weighted by Crippen LogP contribution is -2.46. The second-order valence-corrected chi connectivity index (χ2v) is 9.71. The molecule has 2 aliphatic heterocycles. The average Bonchev–Trinajstić information content (AvgIpc) is 3.56. The number of ether oxygens (including phenoxy) is 1. The second-order valence-electron chi connectivity index (χ2n) is 9.71. The van der Waals surface area contributed by atoms with Crippen molar-refractivity contribution in [1.29, 1.82) is 0 Å². The zero-order valence-corrected chi connectivity index (χ0v) is 20.7. The van der Waals surface area contributed by atoms with E-state index in [1.165, 1.54) is 0 Å². The summed E-state index contributed by atoms with van der Waals surface area (Å²) in [4.78, 5) is 41.5. The summed E-state index contributed by atoms with van der Waals surface area (Å²) >= 11 is 0. The number of amides is 3. The molecule has 7 heteroatoms. The van der Waals surface area contributed by atoms with Gasteiger partial charge < -0.3 is 14.6 Å². The third kappa shape index (κ3) is 4.35. The molecular weight excluding hydrogens is 454 g/mol. The zero-order valence-electron chi connectivity index (χ0n) is 20.7. The lowest BCUT2D eigenvalue weighted by molar-refractivity contribution is -0.131. The van der Waals surface area contributed by atoms with Crippen molar-refractivity contribution in [3.8, 4) is 0 Å². The number of carbonyl (C=O) groups is 3. The summed E-state index contributed by atoms with van der Waals surface area (Å²) in [6.45, 7) is 5.03. The predicted octanol–water partition coefficient (Wildman–Crippen LogP) is 4.16. The van der Waals surface area contributed by atoms with E-state index in [0.717, 1.165) is 41.3 Å². The number of benzene rings is 2. The Hall–Kier alpha value is -3.71. The highest BCUT2D eigenvalue weighted by Crippen LogP contribution is 2.33. The van der Waals surface area contributed by atoms with E-state index in [-0.39, 0.29) is 18.4 Å². The fraction of sp³-hybridized carbons (Fsp3) is 0.345. The van der Waals surface area contributed by atoms with Gasteiger partial charge in [0.25, 0.3) is 5.91 Å². The highest BCUT2D eigenvalue weighted by atomic mass is 16.5. The van der Waals surface area contributed by atoms with E-state index < -0.39 is 17.5 Å². The Labute approximate surface area is 211 Å². The first-order valence-electron chi connectivity index (χ1n) is 12.4. The largest absolute Gasteiger partial charge is 0.376 e. The summed E-state index contributed by atoms with van der Waals surface area (Å²) in [7, 11) is 0. The number of nitrogens with one attached hydrogen (secondary N) is 1. The van der Waals surface area contributed by atoms with Crippen molar-refractivity contribution in [2.24, 2.45) is 0 Å². The molecule has 0 spiro atoms. The lowest BCUT2D eigenvalue weighted by Gasteiger charge is -2.27. The first kappa shape index (κ1) is 24.0. The number of Topliss-reactive ketones (excluding diaryl/α,β-unsaturated/α-hetero) is 1. The molecule has 3 aromatic rings. The third-order valence-corrected chi connectivity index (χ3v) is 7.34. The van der Waals surface area contributed by atoms with Crippen molar-refractivity contribution in [3.63, 3.8) is 0 Å². The number of urea groups is 1. The number of aromatic nitrogens is 1. The van der Waals surface area contributed by atoms with E-state index in [2.05, 4.69) is 9.88 Å². The van der Waals surface area contributed by atoms with Crippen LogP contribution in [0.25, 0.3) is 0 Å². The van der Waals surface area contributed by atoms with Crippen LogP contribution in [0, 0.1) is 13.8 Å². The molecule has 2 saturated heterocycles. The van der Waals surface area contributed by atoms with Crippen LogP contribution in [0.1, 0.15) is 45.7 Å². The standard InChI is InChI=1S/C29H31N3O4/c1-20-16-25(21(2)31(20)18-24-14-9-15-36-24)26(33)19-32-27(34)29(30-28(32)35,23-12-7-4-8-13-23)17-22-10-5-3-6-11-22/h3-8,10-13,16,24H,9,14-15,17-19H2,1-2H3,(H,30,35). The van der Waals surface area contributed by atoms with Gasteiger partial charge in [-0.05, 0) is 43.9 Å². The number of hydrogen-bond acceptors (Lipinski definition) is 4. The molecule has 2 aromatic carbocycles. The van der Waals surface area contributed by atoms with Crippen LogP contribution in [0.3, 0.4) is 0 Å². The van der Waals surface area contributed by atoms with Crippen molar-refractivity contribution in [1.82, 2.24) is 14.8 Å². The first-order valence-corrected chi connectivity index (χ1v) is 12.4. The normalized spacial score (nSPS) is 21.7. The average molecular weight is 486 g/mol. The molecule has 2 aliphatic rings. The van der Waals surface area contributed by atoms with Gasteiger partial charge in [-0.25, -0.2) is 4.79 Å². The van der Waals surface area contributed by atoms with E-state index in [0.29, 0.717) is 24.1 Å². The van der Waals surface area contributed by atoms with Gasteiger partial charge >= 0.3 is 6.03 Å². The molecule has 0 saturated carbocycles. The van der Waals surface area contributed by atoms with Crippen molar-refractivity contribution in [2.45, 2.75) is 51.3 Å². The fourth-order valence-electron chi connectivity index (χ4n) is 5.40. The van der Waals surface area contributed by atoms with E-state index >= 15 is 0 Å². The van der Waals surface area contributed by atoms with Crippen LogP contribution in [0.4, 0.5) is 4.79 Å². The van der Waals surface area contributed by atoms with E-state index in [4.69, 9.17) is 4.74 Å². The highest BCUT2D eigenvalue weighted by molar-refractivity contribution is 6.11. The van der Waals surface area contributed by atoms with Gasteiger partial charge in [-0.3, -0.25) is 14.5 Å². The van der Waals surface area contributed by atoms with Crippen LogP contribution in [0.2, 0.25) is 0 Å². The molecule has 7 nitrogen and oxygen atoms in total. The Morgan fingerprint density at radius 3 is 2.42 bits per heavy atom. The number of ketones is 1. The van der Waals surface area contributed by atoms with Crippen LogP contribution in [-0.4, -0.2) is 46.4 Å². The minimum atomic E-state index is -1.27. The number of nitrogens with zero attached hydrogens (tertiary/aromatic N) is 2. The molecule has 36 heavy (non-hydrogen) atoms. The van der Waals surface area contributed by atoms with Gasteiger partial charge in [0.15, 0.2) is 11.3 Å². The molecule has 186 valence electrons. The number of aryl methyl sites for hydroxylation is 1. The topological polar surface area (TPSA) is 80.6 Å². The molecular formula is C29H31N3O4. The quantitative estimate of drug-likeness (QED) is 0.384. The number of hydrogen-bond donors (Lipinski definition) is 1. The maximum Gasteiger partial charge on any atom is 0.325 e. The SMILES string of the molecule is Cc1cc(C(=O)CN2C(=O)NC(Cc3ccccc3)(c3ccccc3)C2=O)c(C)n1CC1CCCO1. The summed E-state index contributed by atoms with van der Waals surface area (Å²) < 4.78 is 7.87. The van der Waals surface area contributed by atoms with Crippen molar-refractivity contribution < 1.29 is 19.1 Å². The molecule has 2 atom stereocenters. The predicted molar refractivity (Wildman–Crippen MR) is 136 cm³/mol. The summed E-state index contributed by atoms with van der Waals surface area (Å²) in [6, 6.07) is 20.1. The molecule has 3 amide bonds. The van der Waals surface area contributed by atoms with Gasteiger partial charge in [-0.15, -0.1) is 0 Å². The molecule has 1 aromatic heterocycles. The third-order valence-electron chi connectivity index (χ3n) is 7.34. The number of rotatable bonds is 8. The monoisotopic (exact) mass is 485 g/mol. The molecule has 0 aliphatic carbocycles. The van der Waals surface area contributed by atoms with Gasteiger partial charge in [-0.1, -0.05) is 60.7 Å². The molecule has 5 rings (SSSR count). The molecule has 1 N–H and O–H groups in total. The fourth-order valence-corrected chi connectivity index (χ4v) is 5.40. The Kier molecular flexibility index (Phi) is 6.49. The van der Waals surface area contributed by atoms with E-state index in [1.807, 2.05) is 80.6 Å². The minimum Gasteiger partial charge on any atom is -0.376 e. The van der Waals surface area contributed by atoms with Crippen LogP contribution in [0.5, 0.6) is 0 Å². The Morgan fingerprint density at radius 1 is 1.06 bits per heavy atom. The van der Waals surface area contributed by atoms with Gasteiger partial charge in [0.2, 0.25) is 0 Å². The highest BCUT2D eigenvalue weighted by Gasteiger charge is 2.52. The maximum absolute atomic E-state index is 13.9. The van der Waals surface area contributed by atoms with Crippen molar-refractivity contribution in [2.75, 3.05) is 13.2 Å². The maximum atomic E-state index is 13.9. The van der Waals surface area contributed by atoms with E-state index in [9.17, 15) is 14.4 Å².